The zero-order valence-electron chi connectivity index (χ0n) is 24.1. The molecule has 1 fully saturated rings. The Morgan fingerprint density at radius 2 is 1.48 bits per heavy atom. The highest BCUT2D eigenvalue weighted by molar-refractivity contribution is 5.89. The van der Waals surface area contributed by atoms with Gasteiger partial charge in [-0.25, -0.2) is 4.79 Å². The number of ether oxygens (including phenoxy) is 2. The average molecular weight is 563 g/mol. The van der Waals surface area contributed by atoms with Crippen LogP contribution in [0.4, 0.5) is 5.69 Å². The third kappa shape index (κ3) is 7.58. The fourth-order valence-corrected chi connectivity index (χ4v) is 5.36. The maximum Gasteiger partial charge on any atom is 0.338 e. The minimum atomic E-state index is -0.362. The van der Waals surface area contributed by atoms with E-state index in [9.17, 15) is 9.59 Å². The average Bonchev–Trinajstić information content (AvgIpc) is 3.04. The van der Waals surface area contributed by atoms with Crippen LogP contribution in [0.1, 0.15) is 64.8 Å². The molecule has 0 aromatic heterocycles. The number of piperidine rings is 1. The van der Waals surface area contributed by atoms with Crippen molar-refractivity contribution >= 4 is 17.6 Å². The van der Waals surface area contributed by atoms with Gasteiger partial charge in [-0.1, -0.05) is 72.8 Å². The van der Waals surface area contributed by atoms with E-state index >= 15 is 0 Å². The molecule has 0 bridgehead atoms. The Bertz CT molecular complexity index is 1450. The zero-order valence-corrected chi connectivity index (χ0v) is 24.1. The first-order chi connectivity index (χ1) is 20.6. The third-order valence-corrected chi connectivity index (χ3v) is 7.54. The Labute approximate surface area is 248 Å². The maximum absolute atomic E-state index is 13.5. The van der Waals surface area contributed by atoms with Crippen molar-refractivity contribution < 1.29 is 19.1 Å². The molecule has 6 nitrogen and oxygen atoms in total. The van der Waals surface area contributed by atoms with Crippen molar-refractivity contribution in [2.24, 2.45) is 0 Å². The lowest BCUT2D eigenvalue weighted by Crippen LogP contribution is -2.34. The molecule has 1 saturated heterocycles. The molecular weight excluding hydrogens is 524 g/mol. The van der Waals surface area contributed by atoms with Gasteiger partial charge in [-0.15, -0.1) is 0 Å². The molecule has 1 atom stereocenters. The molecule has 1 amide bonds. The van der Waals surface area contributed by atoms with E-state index in [2.05, 4.69) is 28.4 Å². The highest BCUT2D eigenvalue weighted by Crippen LogP contribution is 2.33. The van der Waals surface area contributed by atoms with Gasteiger partial charge in [0.25, 0.3) is 0 Å². The number of para-hydroxylation sites is 1. The summed E-state index contributed by atoms with van der Waals surface area (Å²) in [5, 5.41) is 3.31. The second-order valence-corrected chi connectivity index (χ2v) is 10.5. The van der Waals surface area contributed by atoms with Crippen LogP contribution in [-0.4, -0.2) is 31.6 Å². The summed E-state index contributed by atoms with van der Waals surface area (Å²) in [6.07, 6.45) is 3.78. The van der Waals surface area contributed by atoms with Crippen molar-refractivity contribution in [3.63, 3.8) is 0 Å². The molecule has 1 N–H and O–H groups in total. The first-order valence-electron chi connectivity index (χ1n) is 14.8. The predicted molar refractivity (Wildman–Crippen MR) is 166 cm³/mol. The van der Waals surface area contributed by atoms with E-state index in [-0.39, 0.29) is 24.3 Å². The second-order valence-electron chi connectivity index (χ2n) is 10.5. The van der Waals surface area contributed by atoms with Gasteiger partial charge in [-0.3, -0.25) is 4.79 Å². The minimum Gasteiger partial charge on any atom is -0.489 e. The lowest BCUT2D eigenvalue weighted by Gasteiger charge is -2.33. The van der Waals surface area contributed by atoms with Crippen molar-refractivity contribution in [3.8, 4) is 5.75 Å². The summed E-state index contributed by atoms with van der Waals surface area (Å²) in [7, 11) is 0. The highest BCUT2D eigenvalue weighted by atomic mass is 16.5. The molecule has 4 aromatic carbocycles. The topological polar surface area (TPSA) is 67.9 Å². The second kappa shape index (κ2) is 14.4. The number of anilines is 1. The Balaban J connectivity index is 1.37. The van der Waals surface area contributed by atoms with Crippen LogP contribution < -0.4 is 15.0 Å². The van der Waals surface area contributed by atoms with E-state index in [0.29, 0.717) is 18.8 Å². The van der Waals surface area contributed by atoms with Crippen LogP contribution in [0.3, 0.4) is 0 Å². The monoisotopic (exact) mass is 562 g/mol. The summed E-state index contributed by atoms with van der Waals surface area (Å²) in [5.74, 6) is 0.319. The highest BCUT2D eigenvalue weighted by Gasteiger charge is 2.23. The van der Waals surface area contributed by atoms with Gasteiger partial charge in [0.1, 0.15) is 12.4 Å². The number of rotatable bonds is 11. The van der Waals surface area contributed by atoms with Crippen LogP contribution in [0.5, 0.6) is 5.75 Å². The van der Waals surface area contributed by atoms with E-state index in [1.165, 1.54) is 19.3 Å². The Morgan fingerprint density at radius 1 is 0.786 bits per heavy atom. The quantitative estimate of drug-likeness (QED) is 0.202. The van der Waals surface area contributed by atoms with Crippen molar-refractivity contribution in [1.29, 1.82) is 0 Å². The van der Waals surface area contributed by atoms with Crippen LogP contribution in [0, 0.1) is 0 Å². The Morgan fingerprint density at radius 3 is 2.19 bits per heavy atom. The van der Waals surface area contributed by atoms with Crippen LogP contribution in [-0.2, 0) is 22.6 Å². The fraction of sp³-hybridized carbons (Fsp3) is 0.278. The molecule has 4 aromatic rings. The van der Waals surface area contributed by atoms with Gasteiger partial charge in [-0.05, 0) is 73.2 Å². The van der Waals surface area contributed by atoms with Gasteiger partial charge < -0.3 is 19.7 Å². The van der Waals surface area contributed by atoms with Gasteiger partial charge in [0.05, 0.1) is 24.6 Å². The van der Waals surface area contributed by atoms with Crippen LogP contribution >= 0.6 is 0 Å². The van der Waals surface area contributed by atoms with Crippen molar-refractivity contribution in [2.75, 3.05) is 24.6 Å². The summed E-state index contributed by atoms with van der Waals surface area (Å²) in [6, 6.07) is 33.2. The fourth-order valence-electron chi connectivity index (χ4n) is 5.36. The summed E-state index contributed by atoms with van der Waals surface area (Å²) in [6.45, 7) is 4.62. The standard InChI is InChI=1S/C36H38N2O4/c1-2-41-36(40)30-17-15-27(16-18-30)25-34(39)37-35(32-13-7-8-14-33(32)38-23-9-4-10-24-38)29-19-21-31(22-20-29)42-26-28-11-5-3-6-12-28/h3,5-8,11-22,35H,2,4,9-10,23-26H2,1H3,(H,37,39). The number of carbonyl (C=O) groups is 2. The van der Waals surface area contributed by atoms with E-state index < -0.39 is 0 Å². The molecule has 42 heavy (non-hydrogen) atoms. The lowest BCUT2D eigenvalue weighted by molar-refractivity contribution is -0.120. The summed E-state index contributed by atoms with van der Waals surface area (Å²) >= 11 is 0. The van der Waals surface area contributed by atoms with Crippen molar-refractivity contribution in [2.45, 2.75) is 45.3 Å². The molecule has 0 saturated carbocycles. The van der Waals surface area contributed by atoms with Crippen LogP contribution in [0.2, 0.25) is 0 Å². The number of carbonyl (C=O) groups excluding carboxylic acids is 2. The molecule has 1 unspecified atom stereocenters. The number of benzene rings is 4. The zero-order chi connectivity index (χ0) is 29.1. The smallest absolute Gasteiger partial charge is 0.338 e. The van der Waals surface area contributed by atoms with Gasteiger partial charge >= 0.3 is 5.97 Å². The normalized spacial score (nSPS) is 13.7. The molecule has 1 aliphatic rings. The first-order valence-corrected chi connectivity index (χ1v) is 14.8. The molecule has 6 heteroatoms. The van der Waals surface area contributed by atoms with Crippen molar-refractivity contribution in [1.82, 2.24) is 5.32 Å². The number of amides is 1. The van der Waals surface area contributed by atoms with Crippen LogP contribution in [0.25, 0.3) is 0 Å². The molecule has 1 aliphatic heterocycles. The number of esters is 1. The van der Waals surface area contributed by atoms with E-state index in [4.69, 9.17) is 9.47 Å². The van der Waals surface area contributed by atoms with Gasteiger partial charge in [0, 0.05) is 24.3 Å². The third-order valence-electron chi connectivity index (χ3n) is 7.54. The molecule has 0 radical (unpaired) electrons. The Hall–Kier alpha value is -4.58. The largest absolute Gasteiger partial charge is 0.489 e. The number of nitrogens with zero attached hydrogens (tertiary/aromatic N) is 1. The Kier molecular flexibility index (Phi) is 9.89. The van der Waals surface area contributed by atoms with E-state index in [0.717, 1.165) is 46.8 Å². The van der Waals surface area contributed by atoms with E-state index in [1.807, 2.05) is 60.7 Å². The van der Waals surface area contributed by atoms with Gasteiger partial charge in [-0.2, -0.15) is 0 Å². The van der Waals surface area contributed by atoms with E-state index in [1.54, 1.807) is 31.2 Å². The van der Waals surface area contributed by atoms with Crippen LogP contribution in [0.15, 0.2) is 103 Å². The van der Waals surface area contributed by atoms with Gasteiger partial charge in [0.2, 0.25) is 5.91 Å². The van der Waals surface area contributed by atoms with Crippen molar-refractivity contribution in [3.05, 3.63) is 131 Å². The minimum absolute atomic E-state index is 0.0956. The molecule has 0 spiro atoms. The molecule has 0 aliphatic carbocycles. The number of hydrogen-bond acceptors (Lipinski definition) is 5. The predicted octanol–water partition coefficient (Wildman–Crippen LogP) is 6.88. The maximum atomic E-state index is 13.5. The molecule has 5 rings (SSSR count). The summed E-state index contributed by atoms with van der Waals surface area (Å²) in [5.41, 5.74) is 5.63. The summed E-state index contributed by atoms with van der Waals surface area (Å²) in [4.78, 5) is 27.9. The lowest BCUT2D eigenvalue weighted by atomic mass is 9.95. The number of hydrogen-bond donors (Lipinski definition) is 1. The van der Waals surface area contributed by atoms with Gasteiger partial charge in [0.15, 0.2) is 0 Å². The number of nitrogens with one attached hydrogen (secondary N) is 1. The first kappa shape index (κ1) is 28.9. The molecular formula is C36H38N2O4. The molecule has 216 valence electrons. The SMILES string of the molecule is CCOC(=O)c1ccc(CC(=O)NC(c2ccc(OCc3ccccc3)cc2)c2ccccc2N2CCCCC2)cc1. The summed E-state index contributed by atoms with van der Waals surface area (Å²) < 4.78 is 11.1. The molecule has 1 heterocycles.